The number of aliphatic imine (C=N–C) groups is 1. The molecule has 0 amide bonds. The third-order valence-corrected chi connectivity index (χ3v) is 3.77. The molecule has 18 heavy (non-hydrogen) atoms. The first-order valence-corrected chi connectivity index (χ1v) is 7.21. The lowest BCUT2D eigenvalue weighted by Crippen LogP contribution is -2.38. The van der Waals surface area contributed by atoms with Gasteiger partial charge in [-0.1, -0.05) is 33.0 Å². The predicted molar refractivity (Wildman–Crippen MR) is 75.8 cm³/mol. The zero-order valence-corrected chi connectivity index (χ0v) is 12.5. The van der Waals surface area contributed by atoms with Crippen molar-refractivity contribution in [1.82, 2.24) is 4.90 Å². The Morgan fingerprint density at radius 1 is 1.61 bits per heavy atom. The van der Waals surface area contributed by atoms with Crippen LogP contribution in [-0.2, 0) is 4.74 Å². The molecule has 0 radical (unpaired) electrons. The fourth-order valence-electron chi connectivity index (χ4n) is 1.47. The molecule has 104 valence electrons. The summed E-state index contributed by atoms with van der Waals surface area (Å²) in [5.41, 5.74) is -0.542. The van der Waals surface area contributed by atoms with Crippen molar-refractivity contribution in [1.29, 1.82) is 0 Å². The Bertz CT molecular complexity index is 329. The Morgan fingerprint density at radius 3 is 2.83 bits per heavy atom. The molecule has 1 saturated heterocycles. The first-order valence-electron chi connectivity index (χ1n) is 5.76. The zero-order valence-electron chi connectivity index (χ0n) is 10.9. The summed E-state index contributed by atoms with van der Waals surface area (Å²) in [6.45, 7) is 6.35. The number of aliphatic hydroxyl groups excluding tert-OH is 1. The highest BCUT2D eigenvalue weighted by Crippen LogP contribution is 2.23. The molecule has 0 aromatic carbocycles. The predicted octanol–water partition coefficient (Wildman–Crippen LogP) is 0.212. The topological polar surface area (TPSA) is 68.1 Å². The van der Waals surface area contributed by atoms with Gasteiger partial charge in [0.25, 0.3) is 0 Å². The molecule has 0 spiro atoms. The molecule has 1 atom stereocenters. The molecular formula is C11H19N2O3S2-. The van der Waals surface area contributed by atoms with E-state index in [4.69, 9.17) is 17.0 Å². The largest absolute Gasteiger partial charge is 0.595 e. The van der Waals surface area contributed by atoms with Crippen LogP contribution in [0.25, 0.3) is 0 Å². The summed E-state index contributed by atoms with van der Waals surface area (Å²) in [7, 11) is 0. The Hall–Kier alpha value is -0.530. The maximum absolute atomic E-state index is 11.4. The number of rotatable bonds is 3. The van der Waals surface area contributed by atoms with E-state index in [2.05, 4.69) is 4.99 Å². The summed E-state index contributed by atoms with van der Waals surface area (Å²) in [6.07, 6.45) is -0.600. The number of hydrogen-bond donors (Lipinski definition) is 1. The zero-order chi connectivity index (χ0) is 13.8. The van der Waals surface area contributed by atoms with E-state index < -0.39 is 11.7 Å². The van der Waals surface area contributed by atoms with Crippen LogP contribution in [0.15, 0.2) is 4.99 Å². The first-order chi connectivity index (χ1) is 8.33. The summed E-state index contributed by atoms with van der Waals surface area (Å²) < 4.78 is 5.07. The van der Waals surface area contributed by atoms with Crippen LogP contribution in [0.4, 0.5) is 0 Å². The average molecular weight is 291 g/mol. The van der Waals surface area contributed by atoms with Crippen LogP contribution in [0.5, 0.6) is 0 Å². The number of thioether (sulfide) groups is 1. The summed E-state index contributed by atoms with van der Waals surface area (Å²) in [4.78, 5) is 6.27. The van der Waals surface area contributed by atoms with Crippen molar-refractivity contribution in [3.8, 4) is 0 Å². The average Bonchev–Trinajstić information content (AvgIpc) is 2.71. The van der Waals surface area contributed by atoms with Crippen LogP contribution in [-0.4, -0.2) is 57.5 Å². The van der Waals surface area contributed by atoms with Crippen LogP contribution < -0.4 is 5.11 Å². The van der Waals surface area contributed by atoms with Crippen molar-refractivity contribution < 1.29 is 14.9 Å². The van der Waals surface area contributed by atoms with Crippen molar-refractivity contribution >= 4 is 35.1 Å². The van der Waals surface area contributed by atoms with E-state index in [0.717, 1.165) is 12.3 Å². The monoisotopic (exact) mass is 291 g/mol. The van der Waals surface area contributed by atoms with Gasteiger partial charge in [-0.25, -0.2) is 0 Å². The van der Waals surface area contributed by atoms with E-state index in [1.165, 1.54) is 0 Å². The smallest absolute Gasteiger partial charge is 0.146 e. The Labute approximate surface area is 117 Å². The van der Waals surface area contributed by atoms with Gasteiger partial charge < -0.3 is 19.8 Å². The lowest BCUT2D eigenvalue weighted by molar-refractivity contribution is -0.260. The molecule has 0 aromatic heterocycles. The van der Waals surface area contributed by atoms with Gasteiger partial charge >= 0.3 is 0 Å². The molecule has 5 nitrogen and oxygen atoms in total. The molecular weight excluding hydrogens is 272 g/mol. The standard InChI is InChI=1S/C11H20N2O3S2/c1-11(2,3)16-10(15)12-6-8(17)13-4-5-18-9(13)7-14/h9,14H,4-7H2,1-3H3,(H,12,15)/p-1/t9-/m0/s1. The summed E-state index contributed by atoms with van der Waals surface area (Å²) in [5.74, 6) is 0.928. The second-order valence-electron chi connectivity index (χ2n) is 4.89. The number of nitrogens with zero attached hydrogens (tertiary/aromatic N) is 2. The SMILES string of the molecule is CC(C)(C)OC([O-])=NCC(=S)N1CCS[C@H]1CO. The van der Waals surface area contributed by atoms with Crippen molar-refractivity contribution in [2.75, 3.05) is 25.4 Å². The van der Waals surface area contributed by atoms with Crippen LogP contribution in [0.2, 0.25) is 0 Å². The van der Waals surface area contributed by atoms with Crippen molar-refractivity contribution in [3.05, 3.63) is 0 Å². The van der Waals surface area contributed by atoms with E-state index in [9.17, 15) is 10.2 Å². The Kier molecular flexibility index (Phi) is 5.68. The van der Waals surface area contributed by atoms with Crippen LogP contribution >= 0.6 is 24.0 Å². The highest BCUT2D eigenvalue weighted by molar-refractivity contribution is 8.00. The van der Waals surface area contributed by atoms with Crippen LogP contribution in [0.1, 0.15) is 20.8 Å². The second kappa shape index (κ2) is 6.58. The van der Waals surface area contributed by atoms with Gasteiger partial charge in [0.05, 0.1) is 18.5 Å². The molecule has 0 bridgehead atoms. The van der Waals surface area contributed by atoms with Crippen LogP contribution in [0, 0.1) is 0 Å². The molecule has 0 aromatic rings. The number of aliphatic hydroxyl groups is 1. The fourth-order valence-corrected chi connectivity index (χ4v) is 2.92. The number of thiocarbonyl (C=S) groups is 1. The minimum absolute atomic E-state index is 0.00802. The molecule has 1 heterocycles. The molecule has 0 saturated carbocycles. The van der Waals surface area contributed by atoms with Gasteiger partial charge in [0.15, 0.2) is 0 Å². The molecule has 0 aliphatic carbocycles. The lowest BCUT2D eigenvalue weighted by Gasteiger charge is -2.30. The summed E-state index contributed by atoms with van der Waals surface area (Å²) in [6, 6.07) is 0. The molecule has 7 heteroatoms. The van der Waals surface area contributed by atoms with E-state index >= 15 is 0 Å². The third kappa shape index (κ3) is 4.99. The van der Waals surface area contributed by atoms with Crippen molar-refractivity contribution in [2.45, 2.75) is 31.7 Å². The van der Waals surface area contributed by atoms with Gasteiger partial charge in [-0.15, -0.1) is 11.8 Å². The number of ether oxygens (including phenoxy) is 1. The van der Waals surface area contributed by atoms with Crippen molar-refractivity contribution in [2.24, 2.45) is 4.99 Å². The third-order valence-electron chi connectivity index (χ3n) is 2.20. The van der Waals surface area contributed by atoms with Crippen LogP contribution in [0.3, 0.4) is 0 Å². The maximum atomic E-state index is 11.4. The maximum Gasteiger partial charge on any atom is 0.146 e. The van der Waals surface area contributed by atoms with Gasteiger partial charge in [-0.05, 0) is 0 Å². The molecule has 1 rings (SSSR count). The molecule has 1 aliphatic heterocycles. The Balaban J connectivity index is 2.47. The lowest BCUT2D eigenvalue weighted by atomic mass is 10.2. The van der Waals surface area contributed by atoms with E-state index in [0.29, 0.717) is 4.99 Å². The summed E-state index contributed by atoms with van der Waals surface area (Å²) >= 11 is 6.87. The quantitative estimate of drug-likeness (QED) is 0.455. The fraction of sp³-hybridized carbons (Fsp3) is 0.818. The first kappa shape index (κ1) is 15.5. The molecule has 1 N–H and O–H groups in total. The summed E-state index contributed by atoms with van der Waals surface area (Å²) in [5, 5.41) is 20.6. The highest BCUT2D eigenvalue weighted by Gasteiger charge is 2.25. The molecule has 1 fully saturated rings. The second-order valence-corrected chi connectivity index (χ2v) is 6.65. The molecule has 1 aliphatic rings. The van der Waals surface area contributed by atoms with Gasteiger partial charge in [-0.3, -0.25) is 4.99 Å². The highest BCUT2D eigenvalue weighted by atomic mass is 32.2. The van der Waals surface area contributed by atoms with Gasteiger partial charge in [0.2, 0.25) is 0 Å². The van der Waals surface area contributed by atoms with E-state index in [-0.39, 0.29) is 18.5 Å². The van der Waals surface area contributed by atoms with E-state index in [1.807, 2.05) is 4.90 Å². The minimum Gasteiger partial charge on any atom is -0.595 e. The van der Waals surface area contributed by atoms with Gasteiger partial charge in [0, 0.05) is 17.9 Å². The minimum atomic E-state index is -0.600. The van der Waals surface area contributed by atoms with E-state index in [1.54, 1.807) is 32.5 Å². The van der Waals surface area contributed by atoms with Gasteiger partial charge in [0.1, 0.15) is 11.1 Å². The Morgan fingerprint density at radius 2 is 2.28 bits per heavy atom. The normalized spacial score (nSPS) is 21.2. The number of hydrogen-bond acceptors (Lipinski definition) is 6. The molecule has 0 unspecified atom stereocenters. The van der Waals surface area contributed by atoms with Gasteiger partial charge in [-0.2, -0.15) is 0 Å². The van der Waals surface area contributed by atoms with Crippen molar-refractivity contribution in [3.63, 3.8) is 0 Å².